The van der Waals surface area contributed by atoms with Crippen LogP contribution >= 0.6 is 0 Å². The monoisotopic (exact) mass is 467 g/mol. The van der Waals surface area contributed by atoms with Gasteiger partial charge in [0.2, 0.25) is 5.91 Å². The van der Waals surface area contributed by atoms with Crippen molar-refractivity contribution in [3.63, 3.8) is 0 Å². The average molecular weight is 468 g/mol. The zero-order valence-corrected chi connectivity index (χ0v) is 20.4. The van der Waals surface area contributed by atoms with Gasteiger partial charge in [-0.25, -0.2) is 0 Å². The predicted molar refractivity (Wildman–Crippen MR) is 133 cm³/mol. The van der Waals surface area contributed by atoms with E-state index in [1.54, 1.807) is 6.92 Å². The Balaban J connectivity index is 1.44. The van der Waals surface area contributed by atoms with E-state index in [9.17, 15) is 9.59 Å². The van der Waals surface area contributed by atoms with Crippen molar-refractivity contribution in [2.24, 2.45) is 5.73 Å². The number of nitrogens with zero attached hydrogens (tertiary/aromatic N) is 3. The molecule has 2 fully saturated rings. The van der Waals surface area contributed by atoms with E-state index in [1.807, 2.05) is 23.1 Å². The second-order valence-electron chi connectivity index (χ2n) is 9.37. The van der Waals surface area contributed by atoms with Crippen molar-refractivity contribution in [3.8, 4) is 0 Å². The number of nitrogen functional groups attached to an aromatic ring is 1. The number of hydrogen-bond acceptors (Lipinski definition) is 5. The fourth-order valence-corrected chi connectivity index (χ4v) is 5.66. The van der Waals surface area contributed by atoms with Crippen molar-refractivity contribution in [2.45, 2.75) is 71.0 Å². The summed E-state index contributed by atoms with van der Waals surface area (Å²) in [6.45, 7) is 6.91. The molecule has 2 aliphatic rings. The highest BCUT2D eigenvalue weighted by atomic mass is 16.5. The van der Waals surface area contributed by atoms with Gasteiger partial charge in [-0.3, -0.25) is 19.9 Å². The van der Waals surface area contributed by atoms with E-state index in [2.05, 4.69) is 22.5 Å². The van der Waals surface area contributed by atoms with Crippen LogP contribution in [0.5, 0.6) is 0 Å². The summed E-state index contributed by atoms with van der Waals surface area (Å²) < 4.78 is 7.40. The van der Waals surface area contributed by atoms with Crippen LogP contribution in [-0.2, 0) is 27.3 Å². The number of nitrogens with one attached hydrogen (secondary N) is 1. The van der Waals surface area contributed by atoms with Gasteiger partial charge < -0.3 is 19.9 Å². The first kappa shape index (κ1) is 24.3. The number of nitrogens with two attached hydrogens (primary N) is 1. The minimum absolute atomic E-state index is 0.0799. The van der Waals surface area contributed by atoms with Crippen LogP contribution in [-0.4, -0.2) is 70.4 Å². The number of aromatic nitrogens is 1. The quantitative estimate of drug-likeness (QED) is 0.335. The lowest BCUT2D eigenvalue weighted by atomic mass is 10.1. The molecule has 2 aliphatic heterocycles. The van der Waals surface area contributed by atoms with Crippen molar-refractivity contribution in [1.82, 2.24) is 14.4 Å². The summed E-state index contributed by atoms with van der Waals surface area (Å²) in [5.74, 6) is 0.00301. The van der Waals surface area contributed by atoms with Crippen LogP contribution in [0.2, 0.25) is 0 Å². The van der Waals surface area contributed by atoms with Gasteiger partial charge in [0, 0.05) is 35.9 Å². The van der Waals surface area contributed by atoms with Gasteiger partial charge in [0.15, 0.2) is 0 Å². The lowest BCUT2D eigenvalue weighted by Gasteiger charge is -2.31. The first-order chi connectivity index (χ1) is 16.4. The molecule has 8 heteroatoms. The zero-order chi connectivity index (χ0) is 24.2. The Morgan fingerprint density at radius 2 is 1.94 bits per heavy atom. The van der Waals surface area contributed by atoms with E-state index < -0.39 is 0 Å². The van der Waals surface area contributed by atoms with Crippen molar-refractivity contribution in [1.29, 1.82) is 5.41 Å². The van der Waals surface area contributed by atoms with Crippen LogP contribution in [0.25, 0.3) is 10.9 Å². The molecule has 2 aromatic rings. The molecule has 8 nitrogen and oxygen atoms in total. The molecule has 184 valence electrons. The third kappa shape index (κ3) is 4.97. The number of aryl methyl sites for hydroxylation is 2. The Bertz CT molecular complexity index is 1060. The number of amides is 1. The predicted octanol–water partition coefficient (Wildman–Crippen LogP) is 2.90. The van der Waals surface area contributed by atoms with E-state index >= 15 is 0 Å². The van der Waals surface area contributed by atoms with E-state index in [0.717, 1.165) is 74.6 Å². The maximum Gasteiger partial charge on any atom is 0.320 e. The van der Waals surface area contributed by atoms with Crippen LogP contribution < -0.4 is 5.73 Å². The molecular weight excluding hydrogens is 430 g/mol. The Morgan fingerprint density at radius 3 is 2.68 bits per heavy atom. The second-order valence-corrected chi connectivity index (χ2v) is 9.37. The number of carbonyl (C=O) groups excluding carboxylic acids is 2. The number of hydrogen-bond donors (Lipinski definition) is 2. The summed E-state index contributed by atoms with van der Waals surface area (Å²) in [5, 5.41) is 8.90. The van der Waals surface area contributed by atoms with Gasteiger partial charge in [-0.15, -0.1) is 0 Å². The standard InChI is InChI=1S/C26H37N5O3/c1-3-30-21(15-18-9-10-19(25(27)28)16-23(18)30)12-11-20-7-5-14-31(20)26(33)22-8-6-13-29(22)17-24(32)34-4-2/h9-10,15-16,20,22H,3-8,11-14,17H2,1-2H3,(H3,27,28)/t20-,22+/m0/s1. The zero-order valence-electron chi connectivity index (χ0n) is 20.4. The minimum Gasteiger partial charge on any atom is -0.465 e. The van der Waals surface area contributed by atoms with Crippen molar-refractivity contribution < 1.29 is 14.3 Å². The normalized spacial score (nSPS) is 20.8. The molecule has 0 radical (unpaired) electrons. The number of carbonyl (C=O) groups is 2. The van der Waals surface area contributed by atoms with Crippen molar-refractivity contribution >= 4 is 28.6 Å². The smallest absolute Gasteiger partial charge is 0.320 e. The highest BCUT2D eigenvalue weighted by molar-refractivity contribution is 5.98. The lowest BCUT2D eigenvalue weighted by molar-refractivity contribution is -0.146. The highest BCUT2D eigenvalue weighted by Crippen LogP contribution is 2.28. The minimum atomic E-state index is -0.250. The van der Waals surface area contributed by atoms with Crippen LogP contribution in [0.4, 0.5) is 0 Å². The van der Waals surface area contributed by atoms with Crippen LogP contribution in [0.15, 0.2) is 24.3 Å². The maximum absolute atomic E-state index is 13.5. The molecule has 0 aliphatic carbocycles. The molecule has 1 aromatic heterocycles. The SMILES string of the molecule is CCOC(=O)CN1CCC[C@@H]1C(=O)N1CCC[C@H]1CCc1cc2ccc(C(=N)N)cc2n1CC. The van der Waals surface area contributed by atoms with E-state index in [4.69, 9.17) is 15.9 Å². The van der Waals surface area contributed by atoms with Crippen LogP contribution in [0, 0.1) is 5.41 Å². The summed E-state index contributed by atoms with van der Waals surface area (Å²) >= 11 is 0. The number of ether oxygens (including phenoxy) is 1. The Morgan fingerprint density at radius 1 is 1.15 bits per heavy atom. The largest absolute Gasteiger partial charge is 0.465 e. The molecule has 3 N–H and O–H groups in total. The Hall–Kier alpha value is -2.87. The molecule has 0 saturated carbocycles. The summed E-state index contributed by atoms with van der Waals surface area (Å²) in [4.78, 5) is 29.5. The molecule has 1 aromatic carbocycles. The fourth-order valence-electron chi connectivity index (χ4n) is 5.66. The second kappa shape index (κ2) is 10.6. The molecule has 2 saturated heterocycles. The topological polar surface area (TPSA) is 105 Å². The molecule has 0 unspecified atom stereocenters. The summed E-state index contributed by atoms with van der Waals surface area (Å²) in [7, 11) is 0. The molecule has 34 heavy (non-hydrogen) atoms. The summed E-state index contributed by atoms with van der Waals surface area (Å²) in [6, 6.07) is 8.17. The number of likely N-dealkylation sites (tertiary alicyclic amines) is 2. The van der Waals surface area contributed by atoms with E-state index in [1.165, 1.54) is 5.69 Å². The number of amidine groups is 1. The van der Waals surface area contributed by atoms with E-state index in [0.29, 0.717) is 6.61 Å². The van der Waals surface area contributed by atoms with Crippen LogP contribution in [0.3, 0.4) is 0 Å². The molecule has 1 amide bonds. The highest BCUT2D eigenvalue weighted by Gasteiger charge is 2.38. The third-order valence-electron chi connectivity index (χ3n) is 7.30. The molecule has 2 atom stereocenters. The maximum atomic E-state index is 13.5. The lowest BCUT2D eigenvalue weighted by Crippen LogP contribution is -2.48. The number of esters is 1. The fraction of sp³-hybridized carbons (Fsp3) is 0.577. The third-order valence-corrected chi connectivity index (χ3v) is 7.30. The van der Waals surface area contributed by atoms with Gasteiger partial charge >= 0.3 is 5.97 Å². The first-order valence-electron chi connectivity index (χ1n) is 12.6. The summed E-state index contributed by atoms with van der Waals surface area (Å²) in [5.41, 5.74) is 8.79. The molecule has 0 spiro atoms. The molecule has 0 bridgehead atoms. The Kier molecular flexibility index (Phi) is 7.56. The van der Waals surface area contributed by atoms with Gasteiger partial charge in [-0.1, -0.05) is 12.1 Å². The van der Waals surface area contributed by atoms with Gasteiger partial charge in [0.05, 0.1) is 19.2 Å². The number of benzene rings is 1. The van der Waals surface area contributed by atoms with Crippen molar-refractivity contribution in [2.75, 3.05) is 26.2 Å². The average Bonchev–Trinajstić information content (AvgIpc) is 3.54. The van der Waals surface area contributed by atoms with E-state index in [-0.39, 0.29) is 36.3 Å². The summed E-state index contributed by atoms with van der Waals surface area (Å²) in [6.07, 6.45) is 5.61. The van der Waals surface area contributed by atoms with Crippen molar-refractivity contribution in [3.05, 3.63) is 35.5 Å². The molecule has 3 heterocycles. The molecular formula is C26H37N5O3. The Labute approximate surface area is 201 Å². The first-order valence-corrected chi connectivity index (χ1v) is 12.6. The van der Waals surface area contributed by atoms with Gasteiger partial charge in [0.1, 0.15) is 5.84 Å². The van der Waals surface area contributed by atoms with Crippen LogP contribution in [0.1, 0.15) is 57.2 Å². The molecule has 4 rings (SSSR count). The number of fused-ring (bicyclic) bond motifs is 1. The van der Waals surface area contributed by atoms with Gasteiger partial charge in [0.25, 0.3) is 0 Å². The van der Waals surface area contributed by atoms with Gasteiger partial charge in [-0.2, -0.15) is 0 Å². The number of rotatable bonds is 9. The van der Waals surface area contributed by atoms with Gasteiger partial charge in [-0.05, 0) is 76.4 Å².